The molecule has 0 aliphatic rings. The predicted octanol–water partition coefficient (Wildman–Crippen LogP) is 20.6. The van der Waals surface area contributed by atoms with E-state index >= 15 is 0 Å². The maximum Gasteiger partial charge on any atom is 0.472 e. The fourth-order valence-electron chi connectivity index (χ4n) is 10.5. The summed E-state index contributed by atoms with van der Waals surface area (Å²) in [5, 5.41) is 10.6. The summed E-state index contributed by atoms with van der Waals surface area (Å²) in [7, 11) is -9.92. The van der Waals surface area contributed by atoms with Crippen molar-refractivity contribution < 1.29 is 80.2 Å². The molecule has 19 heteroatoms. The molecule has 3 N–H and O–H groups in total. The monoisotopic (exact) mass is 1350 g/mol. The molecule has 3 unspecified atom stereocenters. The third-order valence-electron chi connectivity index (χ3n) is 16.3. The van der Waals surface area contributed by atoms with Gasteiger partial charge in [0.2, 0.25) is 0 Å². The van der Waals surface area contributed by atoms with Crippen LogP contribution in [0.1, 0.15) is 344 Å². The zero-order chi connectivity index (χ0) is 68.0. The molecule has 0 saturated heterocycles. The van der Waals surface area contributed by atoms with Gasteiger partial charge in [0.1, 0.15) is 19.3 Å². The number of rotatable bonds is 69. The van der Waals surface area contributed by atoms with E-state index in [1.807, 2.05) is 0 Å². The smallest absolute Gasteiger partial charge is 0.462 e. The number of esters is 4. The molecular weight excluding hydrogens is 1210 g/mol. The molecule has 0 radical (unpaired) electrons. The number of aliphatic hydroxyl groups excluding tert-OH is 1. The molecule has 0 bridgehead atoms. The minimum Gasteiger partial charge on any atom is -0.462 e. The predicted molar refractivity (Wildman–Crippen MR) is 372 cm³/mol. The molecule has 0 amide bonds. The summed E-state index contributed by atoms with van der Waals surface area (Å²) in [6.07, 6.45) is 50.9. The first-order valence-corrected chi connectivity index (χ1v) is 40.2. The molecule has 92 heavy (non-hydrogen) atoms. The van der Waals surface area contributed by atoms with Crippen LogP contribution in [0.4, 0.5) is 0 Å². The second kappa shape index (κ2) is 63.3. The highest BCUT2D eigenvalue weighted by atomic mass is 31.2. The molecule has 17 nitrogen and oxygen atoms in total. The minimum atomic E-state index is -4.96. The van der Waals surface area contributed by atoms with Crippen LogP contribution < -0.4 is 0 Å². The number of aliphatic hydroxyl groups is 1. The van der Waals surface area contributed by atoms with Crippen LogP contribution >= 0.6 is 15.6 Å². The maximum atomic E-state index is 13.0. The standard InChI is InChI=1S/C73H138O17P2/c1-8-9-10-11-12-13-14-15-16-19-23-26-34-42-49-56-72(77)89-69(61-84-71(76)55-48-41-36-29-32-39-46-53-66(6)7)63-88-92(81,82)86-59-67(74)58-85-91(79,80)87-62-68(90-73(78)57-50-43-35-28-27-31-38-45-52-65(4)5)60-83-70(75)54-47-40-33-25-22-20-17-18-21-24-30-37-44-51-64(2)3/h13-16,64-69,74H,8-12,17-63H2,1-7H3,(H,79,80)(H,81,82)/b14-13-,16-15-/t67?,68-,69-/m1/s1. The third kappa shape index (κ3) is 66.2. The molecule has 0 saturated carbocycles. The highest BCUT2D eigenvalue weighted by Crippen LogP contribution is 2.45. The highest BCUT2D eigenvalue weighted by molar-refractivity contribution is 7.47. The van der Waals surface area contributed by atoms with E-state index in [0.717, 1.165) is 115 Å². The molecule has 0 aromatic heterocycles. The molecule has 0 aliphatic heterocycles. The first-order valence-electron chi connectivity index (χ1n) is 37.2. The molecule has 0 fully saturated rings. The van der Waals surface area contributed by atoms with Crippen molar-refractivity contribution in [3.63, 3.8) is 0 Å². The highest BCUT2D eigenvalue weighted by Gasteiger charge is 2.30. The number of hydrogen-bond acceptors (Lipinski definition) is 15. The number of phosphoric acid groups is 2. The first-order chi connectivity index (χ1) is 44.2. The average Bonchev–Trinajstić information content (AvgIpc) is 2.73. The Balaban J connectivity index is 5.26. The largest absolute Gasteiger partial charge is 0.472 e. The Morgan fingerprint density at radius 2 is 0.587 bits per heavy atom. The van der Waals surface area contributed by atoms with E-state index in [2.05, 4.69) is 72.8 Å². The number of allylic oxidation sites excluding steroid dienone is 4. The lowest BCUT2D eigenvalue weighted by Crippen LogP contribution is -2.30. The molecule has 0 rings (SSSR count). The van der Waals surface area contributed by atoms with Gasteiger partial charge >= 0.3 is 39.5 Å². The Bertz CT molecular complexity index is 1890. The van der Waals surface area contributed by atoms with E-state index in [-0.39, 0.29) is 25.7 Å². The molecule has 0 heterocycles. The SMILES string of the molecule is CCCCCC/C=C\C=C/CCCCCCCC(=O)O[C@H](COC(=O)CCCCCCCCCC(C)C)COP(=O)(O)OCC(O)COP(=O)(O)OC[C@@H](COC(=O)CCCCCCCCCCCCCCCC(C)C)OC(=O)CCCCCCCCCCC(C)C. The van der Waals surface area contributed by atoms with Gasteiger partial charge in [0.05, 0.1) is 26.4 Å². The van der Waals surface area contributed by atoms with Gasteiger partial charge in [-0.3, -0.25) is 37.3 Å². The van der Waals surface area contributed by atoms with Gasteiger partial charge in [0.25, 0.3) is 0 Å². The topological polar surface area (TPSA) is 237 Å². The van der Waals surface area contributed by atoms with Gasteiger partial charge in [-0.05, 0) is 69.1 Å². The Kier molecular flexibility index (Phi) is 61.6. The van der Waals surface area contributed by atoms with Crippen LogP contribution in [-0.4, -0.2) is 96.7 Å². The van der Waals surface area contributed by atoms with E-state index in [4.69, 9.17) is 37.0 Å². The van der Waals surface area contributed by atoms with Crippen molar-refractivity contribution in [2.24, 2.45) is 17.8 Å². The van der Waals surface area contributed by atoms with E-state index in [1.54, 1.807) is 0 Å². The minimum absolute atomic E-state index is 0.0838. The zero-order valence-electron chi connectivity index (χ0n) is 59.5. The van der Waals surface area contributed by atoms with E-state index in [9.17, 15) is 43.2 Å². The normalized spacial score (nSPS) is 14.3. The van der Waals surface area contributed by atoms with Crippen LogP contribution in [0.3, 0.4) is 0 Å². The molecule has 0 aromatic carbocycles. The summed E-state index contributed by atoms with van der Waals surface area (Å²) in [5.74, 6) is 0.0527. The molecule has 542 valence electrons. The van der Waals surface area contributed by atoms with E-state index in [0.29, 0.717) is 37.5 Å². The van der Waals surface area contributed by atoms with Crippen LogP contribution in [0.15, 0.2) is 24.3 Å². The fourth-order valence-corrected chi connectivity index (χ4v) is 12.1. The van der Waals surface area contributed by atoms with Gasteiger partial charge in [-0.1, -0.05) is 291 Å². The second-order valence-electron chi connectivity index (χ2n) is 27.1. The van der Waals surface area contributed by atoms with Crippen molar-refractivity contribution in [3.05, 3.63) is 24.3 Å². The molecule has 5 atom stereocenters. The van der Waals surface area contributed by atoms with Crippen LogP contribution in [0.5, 0.6) is 0 Å². The van der Waals surface area contributed by atoms with Crippen molar-refractivity contribution >= 4 is 39.5 Å². The quantitative estimate of drug-likeness (QED) is 0.0169. The van der Waals surface area contributed by atoms with Crippen molar-refractivity contribution in [3.8, 4) is 0 Å². The van der Waals surface area contributed by atoms with Crippen molar-refractivity contribution in [2.75, 3.05) is 39.6 Å². The van der Waals surface area contributed by atoms with Crippen molar-refractivity contribution in [1.82, 2.24) is 0 Å². The van der Waals surface area contributed by atoms with Gasteiger partial charge < -0.3 is 33.8 Å². The number of carbonyl (C=O) groups excluding carboxylic acids is 4. The molecule has 0 spiro atoms. The number of ether oxygens (including phenoxy) is 4. The summed E-state index contributed by atoms with van der Waals surface area (Å²) in [6, 6.07) is 0. The summed E-state index contributed by atoms with van der Waals surface area (Å²) in [4.78, 5) is 72.6. The molecule has 0 aliphatic carbocycles. The van der Waals surface area contributed by atoms with E-state index < -0.39 is 97.5 Å². The van der Waals surface area contributed by atoms with Gasteiger partial charge in [-0.2, -0.15) is 0 Å². The Morgan fingerprint density at radius 1 is 0.337 bits per heavy atom. The van der Waals surface area contributed by atoms with Crippen LogP contribution in [-0.2, 0) is 65.4 Å². The maximum absolute atomic E-state index is 13.0. The summed E-state index contributed by atoms with van der Waals surface area (Å²) >= 11 is 0. The lowest BCUT2D eigenvalue weighted by atomic mass is 10.0. The van der Waals surface area contributed by atoms with Crippen molar-refractivity contribution in [2.45, 2.75) is 362 Å². The third-order valence-corrected chi connectivity index (χ3v) is 18.2. The number of phosphoric ester groups is 2. The van der Waals surface area contributed by atoms with E-state index in [1.165, 1.54) is 135 Å². The van der Waals surface area contributed by atoms with Crippen LogP contribution in [0.2, 0.25) is 0 Å². The van der Waals surface area contributed by atoms with Gasteiger partial charge in [0.15, 0.2) is 12.2 Å². The number of unbranched alkanes of at least 4 members (excludes halogenated alkanes) is 34. The fraction of sp³-hybridized carbons (Fsp3) is 0.890. The Morgan fingerprint density at radius 3 is 0.880 bits per heavy atom. The average molecular weight is 1350 g/mol. The summed E-state index contributed by atoms with van der Waals surface area (Å²) in [6.45, 7) is 11.7. The van der Waals surface area contributed by atoms with Gasteiger partial charge in [0, 0.05) is 25.7 Å². The number of hydrogen-bond donors (Lipinski definition) is 3. The summed E-state index contributed by atoms with van der Waals surface area (Å²) in [5.41, 5.74) is 0. The van der Waals surface area contributed by atoms with Gasteiger partial charge in [-0.15, -0.1) is 0 Å². The number of carbonyl (C=O) groups is 4. The van der Waals surface area contributed by atoms with Crippen molar-refractivity contribution in [1.29, 1.82) is 0 Å². The zero-order valence-corrected chi connectivity index (χ0v) is 61.3. The molecular formula is C73H138O17P2. The second-order valence-corrected chi connectivity index (χ2v) is 30.0. The van der Waals surface area contributed by atoms with Crippen LogP contribution in [0, 0.1) is 17.8 Å². The first kappa shape index (κ1) is 89.5. The lowest BCUT2D eigenvalue weighted by molar-refractivity contribution is -0.161. The Hall–Kier alpha value is -2.46. The Labute approximate surface area is 561 Å². The van der Waals surface area contributed by atoms with Gasteiger partial charge in [-0.25, -0.2) is 9.13 Å². The van der Waals surface area contributed by atoms with Crippen LogP contribution in [0.25, 0.3) is 0 Å². The lowest BCUT2D eigenvalue weighted by Gasteiger charge is -2.21. The summed E-state index contributed by atoms with van der Waals surface area (Å²) < 4.78 is 68.3. The molecule has 0 aromatic rings.